The van der Waals surface area contributed by atoms with E-state index in [9.17, 15) is 22.8 Å². The van der Waals surface area contributed by atoms with Gasteiger partial charge in [-0.25, -0.2) is 4.98 Å². The number of anilines is 2. The fourth-order valence-corrected chi connectivity index (χ4v) is 4.22. The summed E-state index contributed by atoms with van der Waals surface area (Å²) in [6, 6.07) is 9.22. The van der Waals surface area contributed by atoms with E-state index in [0.29, 0.717) is 55.4 Å². The topological polar surface area (TPSA) is 65.5 Å². The fraction of sp³-hybridized carbons (Fsp3) is 0.409. The van der Waals surface area contributed by atoms with Crippen LogP contribution in [-0.4, -0.2) is 42.5 Å². The highest BCUT2D eigenvalue weighted by molar-refractivity contribution is 6.30. The summed E-state index contributed by atoms with van der Waals surface area (Å²) >= 11 is 5.90. The van der Waals surface area contributed by atoms with Gasteiger partial charge in [-0.05, 0) is 55.7 Å². The van der Waals surface area contributed by atoms with Gasteiger partial charge in [0.1, 0.15) is 11.7 Å². The molecular formula is C22H22ClF3N4O2. The molecule has 2 aromatic rings. The van der Waals surface area contributed by atoms with E-state index in [1.165, 1.54) is 6.07 Å². The SMILES string of the molecule is O=C(NC1CCN(c2ccc(C(F)(F)F)cn2)CC1)C1CCN(c2ccc(Cl)cc2)C1=O. The molecule has 2 aliphatic heterocycles. The lowest BCUT2D eigenvalue weighted by molar-refractivity contribution is -0.138. The molecule has 10 heteroatoms. The van der Waals surface area contributed by atoms with Crippen molar-refractivity contribution in [2.75, 3.05) is 29.4 Å². The van der Waals surface area contributed by atoms with Crippen molar-refractivity contribution in [3.63, 3.8) is 0 Å². The smallest absolute Gasteiger partial charge is 0.356 e. The number of amides is 2. The zero-order valence-corrected chi connectivity index (χ0v) is 17.9. The van der Waals surface area contributed by atoms with Crippen molar-refractivity contribution < 1.29 is 22.8 Å². The molecule has 1 atom stereocenters. The van der Waals surface area contributed by atoms with Gasteiger partial charge in [0.15, 0.2) is 0 Å². The first-order chi connectivity index (χ1) is 15.2. The molecule has 0 saturated carbocycles. The van der Waals surface area contributed by atoms with Gasteiger partial charge in [0.2, 0.25) is 11.8 Å². The third kappa shape index (κ3) is 4.82. The summed E-state index contributed by atoms with van der Waals surface area (Å²) in [5, 5.41) is 3.55. The third-order valence-corrected chi connectivity index (χ3v) is 6.15. The van der Waals surface area contributed by atoms with Crippen molar-refractivity contribution in [3.8, 4) is 0 Å². The Morgan fingerprint density at radius 3 is 2.31 bits per heavy atom. The van der Waals surface area contributed by atoms with Crippen LogP contribution in [0.4, 0.5) is 24.7 Å². The van der Waals surface area contributed by atoms with Crippen LogP contribution in [0.5, 0.6) is 0 Å². The van der Waals surface area contributed by atoms with Gasteiger partial charge in [0.25, 0.3) is 0 Å². The number of piperidine rings is 1. The average molecular weight is 467 g/mol. The molecule has 170 valence electrons. The van der Waals surface area contributed by atoms with Crippen LogP contribution < -0.4 is 15.1 Å². The van der Waals surface area contributed by atoms with Crippen LogP contribution in [0.15, 0.2) is 42.6 Å². The predicted molar refractivity (Wildman–Crippen MR) is 115 cm³/mol. The minimum absolute atomic E-state index is 0.0921. The molecule has 2 saturated heterocycles. The van der Waals surface area contributed by atoms with Crippen LogP contribution in [0.1, 0.15) is 24.8 Å². The number of nitrogens with zero attached hydrogens (tertiary/aromatic N) is 3. The van der Waals surface area contributed by atoms with Crippen LogP contribution in [0.3, 0.4) is 0 Å². The molecule has 2 fully saturated rings. The van der Waals surface area contributed by atoms with Gasteiger partial charge in [0, 0.05) is 42.6 Å². The highest BCUT2D eigenvalue weighted by Gasteiger charge is 2.38. The molecule has 1 N–H and O–H groups in total. The lowest BCUT2D eigenvalue weighted by Gasteiger charge is -2.33. The average Bonchev–Trinajstić information content (AvgIpc) is 3.16. The van der Waals surface area contributed by atoms with E-state index in [0.717, 1.165) is 12.3 Å². The molecule has 1 unspecified atom stereocenters. The second-order valence-electron chi connectivity index (χ2n) is 7.98. The highest BCUT2D eigenvalue weighted by Crippen LogP contribution is 2.30. The largest absolute Gasteiger partial charge is 0.417 e. The molecule has 4 rings (SSSR count). The number of hydrogen-bond acceptors (Lipinski definition) is 4. The van der Waals surface area contributed by atoms with Gasteiger partial charge in [-0.15, -0.1) is 0 Å². The van der Waals surface area contributed by atoms with E-state index in [4.69, 9.17) is 11.6 Å². The highest BCUT2D eigenvalue weighted by atomic mass is 35.5. The summed E-state index contributed by atoms with van der Waals surface area (Å²) in [5.41, 5.74) is -0.0654. The molecular weight excluding hydrogens is 445 g/mol. The summed E-state index contributed by atoms with van der Waals surface area (Å²) in [5.74, 6) is -0.749. The number of carbonyl (C=O) groups excluding carboxylic acids is 2. The number of halogens is 4. The number of aromatic nitrogens is 1. The Bertz CT molecular complexity index is 974. The van der Waals surface area contributed by atoms with Crippen molar-refractivity contribution in [2.24, 2.45) is 5.92 Å². The molecule has 0 aliphatic carbocycles. The lowest BCUT2D eigenvalue weighted by atomic mass is 10.0. The second kappa shape index (κ2) is 8.97. The summed E-state index contributed by atoms with van der Waals surface area (Å²) in [6.45, 7) is 1.58. The standard InChI is InChI=1S/C22H22ClF3N4O2/c23-15-2-4-17(5-3-15)30-12-9-18(21(30)32)20(31)28-16-7-10-29(11-8-16)19-6-1-14(13-27-19)22(24,25)26/h1-6,13,16,18H,7-12H2,(H,28,31). The Morgan fingerprint density at radius 2 is 1.72 bits per heavy atom. The number of alkyl halides is 3. The number of carbonyl (C=O) groups is 2. The van der Waals surface area contributed by atoms with E-state index in [-0.39, 0.29) is 17.9 Å². The molecule has 2 amide bonds. The van der Waals surface area contributed by atoms with E-state index < -0.39 is 17.7 Å². The van der Waals surface area contributed by atoms with Crippen molar-refractivity contribution >= 4 is 34.9 Å². The van der Waals surface area contributed by atoms with E-state index in [1.807, 2.05) is 4.90 Å². The minimum Gasteiger partial charge on any atom is -0.356 e. The first-order valence-electron chi connectivity index (χ1n) is 10.4. The molecule has 1 aromatic heterocycles. The van der Waals surface area contributed by atoms with Crippen molar-refractivity contribution in [1.82, 2.24) is 10.3 Å². The maximum atomic E-state index is 12.7. The molecule has 1 aromatic carbocycles. The maximum Gasteiger partial charge on any atom is 0.417 e. The van der Waals surface area contributed by atoms with Gasteiger partial charge in [0.05, 0.1) is 5.56 Å². The van der Waals surface area contributed by atoms with Gasteiger partial charge in [-0.2, -0.15) is 13.2 Å². The third-order valence-electron chi connectivity index (χ3n) is 5.90. The van der Waals surface area contributed by atoms with Crippen LogP contribution in [-0.2, 0) is 15.8 Å². The molecule has 6 nitrogen and oxygen atoms in total. The minimum atomic E-state index is -4.41. The summed E-state index contributed by atoms with van der Waals surface area (Å²) in [4.78, 5) is 32.9. The molecule has 0 bridgehead atoms. The molecule has 3 heterocycles. The lowest BCUT2D eigenvalue weighted by Crippen LogP contribution is -2.47. The maximum absolute atomic E-state index is 12.7. The van der Waals surface area contributed by atoms with Crippen molar-refractivity contribution in [1.29, 1.82) is 0 Å². The first-order valence-corrected chi connectivity index (χ1v) is 10.8. The number of nitrogens with one attached hydrogen (secondary N) is 1. The van der Waals surface area contributed by atoms with E-state index in [2.05, 4.69) is 10.3 Å². The van der Waals surface area contributed by atoms with E-state index in [1.54, 1.807) is 29.2 Å². The quantitative estimate of drug-likeness (QED) is 0.694. The van der Waals surface area contributed by atoms with Crippen LogP contribution in [0, 0.1) is 5.92 Å². The van der Waals surface area contributed by atoms with Crippen LogP contribution >= 0.6 is 11.6 Å². The molecule has 2 aliphatic rings. The van der Waals surface area contributed by atoms with Crippen LogP contribution in [0.2, 0.25) is 5.02 Å². The summed E-state index contributed by atoms with van der Waals surface area (Å²) < 4.78 is 38.1. The van der Waals surface area contributed by atoms with E-state index >= 15 is 0 Å². The van der Waals surface area contributed by atoms with Gasteiger partial charge < -0.3 is 15.1 Å². The van der Waals surface area contributed by atoms with Gasteiger partial charge in [-0.1, -0.05) is 11.6 Å². The normalized spacial score (nSPS) is 20.0. The molecule has 0 radical (unpaired) electrons. The Morgan fingerprint density at radius 1 is 1.03 bits per heavy atom. The number of hydrogen-bond donors (Lipinski definition) is 1. The number of rotatable bonds is 4. The fourth-order valence-electron chi connectivity index (χ4n) is 4.10. The zero-order valence-electron chi connectivity index (χ0n) is 17.1. The summed E-state index contributed by atoms with van der Waals surface area (Å²) in [7, 11) is 0. The van der Waals surface area contributed by atoms with Crippen LogP contribution in [0.25, 0.3) is 0 Å². The Kier molecular flexibility index (Phi) is 6.28. The number of pyridine rings is 1. The van der Waals surface area contributed by atoms with Crippen molar-refractivity contribution in [3.05, 3.63) is 53.2 Å². The zero-order chi connectivity index (χ0) is 22.9. The Hall–Kier alpha value is -2.81. The summed E-state index contributed by atoms with van der Waals surface area (Å²) in [6.07, 6.45) is -1.89. The molecule has 32 heavy (non-hydrogen) atoms. The van der Waals surface area contributed by atoms with Crippen molar-refractivity contribution in [2.45, 2.75) is 31.5 Å². The second-order valence-corrected chi connectivity index (χ2v) is 8.42. The van der Waals surface area contributed by atoms with Gasteiger partial charge >= 0.3 is 6.18 Å². The predicted octanol–water partition coefficient (Wildman–Crippen LogP) is 3.89. The first kappa shape index (κ1) is 22.4. The number of benzene rings is 1. The Balaban J connectivity index is 1.29. The monoisotopic (exact) mass is 466 g/mol. The van der Waals surface area contributed by atoms with Gasteiger partial charge in [-0.3, -0.25) is 9.59 Å². The molecule has 0 spiro atoms. The Labute approximate surface area is 188 Å².